The number of hydrogen-bond acceptors (Lipinski definition) is 5. The van der Waals surface area contributed by atoms with Crippen LogP contribution in [-0.2, 0) is 9.53 Å². The monoisotopic (exact) mass is 291 g/mol. The minimum Gasteiger partial charge on any atom is -0.462 e. The van der Waals surface area contributed by atoms with Crippen molar-refractivity contribution in [1.82, 2.24) is 5.32 Å². The molecule has 4 N–H and O–H groups in total. The Morgan fingerprint density at radius 2 is 2.10 bits per heavy atom. The van der Waals surface area contributed by atoms with Crippen LogP contribution in [0.1, 0.15) is 30.1 Å². The highest BCUT2D eigenvalue weighted by Gasteiger charge is 2.28. The number of amides is 1. The Kier molecular flexibility index (Phi) is 5.03. The Balaban J connectivity index is 1.89. The van der Waals surface area contributed by atoms with E-state index in [1.807, 2.05) is 0 Å². The second-order valence-electron chi connectivity index (χ2n) is 5.02. The number of rotatable bonds is 7. The summed E-state index contributed by atoms with van der Waals surface area (Å²) < 4.78 is 5.00. The molecule has 21 heavy (non-hydrogen) atoms. The number of anilines is 2. The minimum absolute atomic E-state index is 0.111. The number of hydrogen-bond donors (Lipinski definition) is 3. The molecule has 114 valence electrons. The maximum atomic E-state index is 11.9. The van der Waals surface area contributed by atoms with Gasteiger partial charge in [0.1, 0.15) is 0 Å². The molecule has 0 radical (unpaired) electrons. The first-order chi connectivity index (χ1) is 10.1. The van der Waals surface area contributed by atoms with Crippen molar-refractivity contribution in [2.24, 2.45) is 5.92 Å². The fraction of sp³-hybridized carbons (Fsp3) is 0.467. The molecule has 0 spiro atoms. The van der Waals surface area contributed by atoms with Gasteiger partial charge in [-0.15, -0.1) is 0 Å². The molecule has 0 heterocycles. The number of carbonyl (C=O) groups excluding carboxylic acids is 2. The molecule has 0 aromatic heterocycles. The third-order valence-electron chi connectivity index (χ3n) is 3.23. The first-order valence-electron chi connectivity index (χ1n) is 7.20. The van der Waals surface area contributed by atoms with E-state index in [2.05, 4.69) is 10.6 Å². The average molecular weight is 291 g/mol. The maximum absolute atomic E-state index is 11.9. The van der Waals surface area contributed by atoms with Crippen LogP contribution in [0.4, 0.5) is 11.4 Å². The van der Waals surface area contributed by atoms with Gasteiger partial charge in [-0.25, -0.2) is 4.79 Å². The first-order valence-corrected chi connectivity index (χ1v) is 7.20. The molecule has 2 rings (SSSR count). The Labute approximate surface area is 124 Å². The van der Waals surface area contributed by atoms with Crippen molar-refractivity contribution >= 4 is 23.3 Å². The molecule has 6 nitrogen and oxygen atoms in total. The summed E-state index contributed by atoms with van der Waals surface area (Å²) in [7, 11) is 0. The van der Waals surface area contributed by atoms with Crippen LogP contribution in [0, 0.1) is 5.92 Å². The van der Waals surface area contributed by atoms with E-state index < -0.39 is 5.97 Å². The lowest BCUT2D eigenvalue weighted by atomic mass is 10.1. The van der Waals surface area contributed by atoms with E-state index in [9.17, 15) is 9.59 Å². The van der Waals surface area contributed by atoms with Gasteiger partial charge in [-0.1, -0.05) is 0 Å². The van der Waals surface area contributed by atoms with E-state index in [0.29, 0.717) is 36.6 Å². The van der Waals surface area contributed by atoms with Gasteiger partial charge >= 0.3 is 5.97 Å². The van der Waals surface area contributed by atoms with Gasteiger partial charge in [-0.3, -0.25) is 4.79 Å². The van der Waals surface area contributed by atoms with Gasteiger partial charge in [-0.05, 0) is 38.0 Å². The second-order valence-corrected chi connectivity index (χ2v) is 5.02. The lowest BCUT2D eigenvalue weighted by Gasteiger charge is -2.12. The lowest BCUT2D eigenvalue weighted by Crippen LogP contribution is -2.30. The van der Waals surface area contributed by atoms with Crippen LogP contribution in [0.5, 0.6) is 0 Å². The molecule has 0 aliphatic heterocycles. The summed E-state index contributed by atoms with van der Waals surface area (Å²) in [6, 6.07) is 5.04. The van der Waals surface area contributed by atoms with Crippen LogP contribution in [0.15, 0.2) is 18.2 Å². The normalized spacial score (nSPS) is 13.6. The predicted molar refractivity (Wildman–Crippen MR) is 81.0 cm³/mol. The van der Waals surface area contributed by atoms with Crippen molar-refractivity contribution < 1.29 is 14.3 Å². The number of nitrogens with two attached hydrogens (primary N) is 1. The highest BCUT2D eigenvalue weighted by Crippen LogP contribution is 2.28. The number of benzene rings is 1. The molecule has 6 heteroatoms. The number of ether oxygens (including phenoxy) is 1. The summed E-state index contributed by atoms with van der Waals surface area (Å²) in [6.07, 6.45) is 1.98. The van der Waals surface area contributed by atoms with Crippen molar-refractivity contribution in [2.45, 2.75) is 19.8 Å². The van der Waals surface area contributed by atoms with E-state index in [0.717, 1.165) is 12.8 Å². The SMILES string of the molecule is CCOC(=O)c1cc(N)ccc1NCCNC(=O)C1CC1. The molecule has 0 unspecified atom stereocenters. The van der Waals surface area contributed by atoms with Crippen LogP contribution >= 0.6 is 0 Å². The summed E-state index contributed by atoms with van der Waals surface area (Å²) in [4.78, 5) is 23.4. The van der Waals surface area contributed by atoms with Crippen molar-refractivity contribution in [3.05, 3.63) is 23.8 Å². The van der Waals surface area contributed by atoms with E-state index in [4.69, 9.17) is 10.5 Å². The molecule has 1 aliphatic carbocycles. The first kappa shape index (κ1) is 15.2. The zero-order valence-electron chi connectivity index (χ0n) is 12.1. The predicted octanol–water partition coefficient (Wildman–Crippen LogP) is 1.38. The third-order valence-corrected chi connectivity index (χ3v) is 3.23. The topological polar surface area (TPSA) is 93.4 Å². The zero-order chi connectivity index (χ0) is 15.2. The van der Waals surface area contributed by atoms with Crippen molar-refractivity contribution in [3.8, 4) is 0 Å². The summed E-state index contributed by atoms with van der Waals surface area (Å²) >= 11 is 0. The van der Waals surface area contributed by atoms with Gasteiger partial charge in [0.25, 0.3) is 0 Å². The standard InChI is InChI=1S/C15H21N3O3/c1-2-21-15(20)12-9-11(16)5-6-13(12)17-7-8-18-14(19)10-3-4-10/h5-6,9-10,17H,2-4,7-8,16H2,1H3,(H,18,19). The van der Waals surface area contributed by atoms with E-state index in [1.54, 1.807) is 25.1 Å². The van der Waals surface area contributed by atoms with Gasteiger partial charge in [0.05, 0.1) is 12.2 Å². The fourth-order valence-corrected chi connectivity index (χ4v) is 1.97. The molecule has 1 saturated carbocycles. The number of esters is 1. The van der Waals surface area contributed by atoms with Crippen molar-refractivity contribution in [3.63, 3.8) is 0 Å². The van der Waals surface area contributed by atoms with Crippen LogP contribution in [0.3, 0.4) is 0 Å². The molecular weight excluding hydrogens is 270 g/mol. The van der Waals surface area contributed by atoms with Gasteiger partial charge in [-0.2, -0.15) is 0 Å². The number of carbonyl (C=O) groups is 2. The highest BCUT2D eigenvalue weighted by molar-refractivity contribution is 5.96. The highest BCUT2D eigenvalue weighted by atomic mass is 16.5. The largest absolute Gasteiger partial charge is 0.462 e. The molecule has 1 aliphatic rings. The van der Waals surface area contributed by atoms with Crippen LogP contribution in [-0.4, -0.2) is 31.6 Å². The maximum Gasteiger partial charge on any atom is 0.340 e. The van der Waals surface area contributed by atoms with Crippen molar-refractivity contribution in [2.75, 3.05) is 30.7 Å². The van der Waals surface area contributed by atoms with Crippen LogP contribution in [0.2, 0.25) is 0 Å². The Hall–Kier alpha value is -2.24. The number of nitrogen functional groups attached to an aromatic ring is 1. The van der Waals surface area contributed by atoms with Gasteiger partial charge in [0.2, 0.25) is 5.91 Å². The van der Waals surface area contributed by atoms with Gasteiger partial charge in [0, 0.05) is 30.4 Å². The van der Waals surface area contributed by atoms with E-state index >= 15 is 0 Å². The van der Waals surface area contributed by atoms with Gasteiger partial charge in [0.15, 0.2) is 0 Å². The Bertz CT molecular complexity index is 527. The molecule has 1 amide bonds. The molecule has 1 aromatic carbocycles. The molecular formula is C15H21N3O3. The molecule has 0 bridgehead atoms. The molecule has 0 saturated heterocycles. The number of nitrogens with one attached hydrogen (secondary N) is 2. The summed E-state index contributed by atoms with van der Waals surface area (Å²) in [5.41, 5.74) is 7.27. The summed E-state index contributed by atoms with van der Waals surface area (Å²) in [5.74, 6) is -0.0920. The summed E-state index contributed by atoms with van der Waals surface area (Å²) in [6.45, 7) is 3.12. The average Bonchev–Trinajstić information content (AvgIpc) is 3.29. The van der Waals surface area contributed by atoms with E-state index in [-0.39, 0.29) is 11.8 Å². The smallest absolute Gasteiger partial charge is 0.340 e. The van der Waals surface area contributed by atoms with E-state index in [1.165, 1.54) is 0 Å². The summed E-state index contributed by atoms with van der Waals surface area (Å²) in [5, 5.41) is 5.98. The zero-order valence-corrected chi connectivity index (χ0v) is 12.1. The van der Waals surface area contributed by atoms with Crippen LogP contribution in [0.25, 0.3) is 0 Å². The minimum atomic E-state index is -0.408. The van der Waals surface area contributed by atoms with Crippen LogP contribution < -0.4 is 16.4 Å². The molecule has 0 atom stereocenters. The lowest BCUT2D eigenvalue weighted by molar-refractivity contribution is -0.122. The quantitative estimate of drug-likeness (QED) is 0.401. The molecule has 1 aromatic rings. The fourth-order valence-electron chi connectivity index (χ4n) is 1.97. The van der Waals surface area contributed by atoms with Crippen molar-refractivity contribution in [1.29, 1.82) is 0 Å². The van der Waals surface area contributed by atoms with Gasteiger partial charge < -0.3 is 21.1 Å². The molecule has 1 fully saturated rings. The second kappa shape index (κ2) is 6.97. The Morgan fingerprint density at radius 3 is 2.76 bits per heavy atom. The Morgan fingerprint density at radius 1 is 1.33 bits per heavy atom. The third kappa shape index (κ3) is 4.37.